The number of methoxy groups -OCH3 is 1. The van der Waals surface area contributed by atoms with Gasteiger partial charge in [0.2, 0.25) is 0 Å². The van der Waals surface area contributed by atoms with Gasteiger partial charge in [-0.2, -0.15) is 5.26 Å². The van der Waals surface area contributed by atoms with E-state index in [1.54, 1.807) is 6.07 Å². The highest BCUT2D eigenvalue weighted by Gasteiger charge is 2.16. The number of nitrogens with one attached hydrogen (secondary N) is 1. The topological polar surface area (TPSA) is 83.7 Å². The fraction of sp³-hybridized carbons (Fsp3) is 0.192. The number of fused-ring (bicyclic) bond motifs is 1. The molecule has 32 heavy (non-hydrogen) atoms. The molecule has 0 bridgehead atoms. The molecule has 0 aliphatic rings. The van der Waals surface area contributed by atoms with Crippen LogP contribution in [0.4, 0.5) is 0 Å². The van der Waals surface area contributed by atoms with Crippen LogP contribution in [0.1, 0.15) is 44.3 Å². The number of ether oxygens (including phenoxy) is 1. The number of carbonyl (C=O) groups excluding carboxylic acids is 1. The summed E-state index contributed by atoms with van der Waals surface area (Å²) < 4.78 is 6.96. The first-order valence-electron chi connectivity index (χ1n) is 10.3. The van der Waals surface area contributed by atoms with E-state index in [0.717, 1.165) is 44.8 Å². The molecule has 160 valence electrons. The molecule has 6 heteroatoms. The molecule has 1 N–H and O–H groups in total. The lowest BCUT2D eigenvalue weighted by Gasteiger charge is -2.14. The van der Waals surface area contributed by atoms with Gasteiger partial charge in [0.15, 0.2) is 0 Å². The van der Waals surface area contributed by atoms with Crippen LogP contribution < -0.4 is 0 Å². The number of carbonyl (C=O) groups is 1. The van der Waals surface area contributed by atoms with E-state index in [-0.39, 0.29) is 5.97 Å². The molecule has 0 saturated carbocycles. The Labute approximate surface area is 186 Å². The van der Waals surface area contributed by atoms with Crippen LogP contribution in [-0.2, 0) is 4.74 Å². The van der Waals surface area contributed by atoms with E-state index in [1.807, 2.05) is 70.2 Å². The highest BCUT2D eigenvalue weighted by molar-refractivity contribution is 5.91. The Kier molecular flexibility index (Phi) is 5.41. The molecular weight excluding hydrogens is 400 g/mol. The van der Waals surface area contributed by atoms with Gasteiger partial charge in [-0.25, -0.2) is 9.78 Å². The summed E-state index contributed by atoms with van der Waals surface area (Å²) in [6.45, 7) is 8.03. The quantitative estimate of drug-likeness (QED) is 0.349. The molecule has 6 nitrogen and oxygen atoms in total. The molecular formula is C26H24N4O2. The third-order valence-corrected chi connectivity index (χ3v) is 5.65. The van der Waals surface area contributed by atoms with Crippen molar-refractivity contribution in [3.63, 3.8) is 0 Å². The van der Waals surface area contributed by atoms with Crippen LogP contribution in [0.5, 0.6) is 0 Å². The minimum atomic E-state index is -0.374. The molecule has 0 fully saturated rings. The van der Waals surface area contributed by atoms with Crippen LogP contribution in [0.3, 0.4) is 0 Å². The minimum Gasteiger partial charge on any atom is -0.465 e. The summed E-state index contributed by atoms with van der Waals surface area (Å²) in [6, 6.07) is 15.8. The van der Waals surface area contributed by atoms with Gasteiger partial charge in [-0.05, 0) is 80.8 Å². The number of imidazole rings is 1. The zero-order valence-corrected chi connectivity index (χ0v) is 18.8. The number of nitriles is 1. The molecule has 4 rings (SSSR count). The van der Waals surface area contributed by atoms with Gasteiger partial charge in [-0.3, -0.25) is 0 Å². The smallest absolute Gasteiger partial charge is 0.337 e. The van der Waals surface area contributed by atoms with Crippen molar-refractivity contribution in [1.29, 1.82) is 5.26 Å². The van der Waals surface area contributed by atoms with Gasteiger partial charge in [0.05, 0.1) is 29.3 Å². The largest absolute Gasteiger partial charge is 0.465 e. The Balaban J connectivity index is 1.81. The Hall–Kier alpha value is -4.11. The number of aryl methyl sites for hydroxylation is 3. The summed E-state index contributed by atoms with van der Waals surface area (Å²) in [5, 5.41) is 9.84. The van der Waals surface area contributed by atoms with E-state index in [1.165, 1.54) is 7.11 Å². The molecule has 0 aliphatic heterocycles. The van der Waals surface area contributed by atoms with E-state index in [2.05, 4.69) is 20.6 Å². The molecule has 0 atom stereocenters. The molecule has 0 spiro atoms. The lowest BCUT2D eigenvalue weighted by Crippen LogP contribution is -2.06. The van der Waals surface area contributed by atoms with Gasteiger partial charge in [-0.1, -0.05) is 12.1 Å². The van der Waals surface area contributed by atoms with E-state index in [4.69, 9.17) is 4.74 Å². The van der Waals surface area contributed by atoms with Crippen LogP contribution >= 0.6 is 0 Å². The molecule has 4 aromatic rings. The molecule has 0 saturated heterocycles. The summed E-state index contributed by atoms with van der Waals surface area (Å²) in [4.78, 5) is 19.9. The summed E-state index contributed by atoms with van der Waals surface area (Å²) in [7, 11) is 1.37. The zero-order valence-electron chi connectivity index (χ0n) is 18.8. The van der Waals surface area contributed by atoms with Gasteiger partial charge in [0.25, 0.3) is 0 Å². The van der Waals surface area contributed by atoms with Crippen molar-refractivity contribution in [3.8, 4) is 11.8 Å². The summed E-state index contributed by atoms with van der Waals surface area (Å²) >= 11 is 0. The SMILES string of the molecule is COC(=O)c1ccc(C)c(-n2c(C)cc(/C=C(/C#N)c3nc4ccc(C)cc4[nH]3)c2C)c1. The average molecular weight is 425 g/mol. The first kappa shape index (κ1) is 21.1. The number of nitrogens with zero attached hydrogens (tertiary/aromatic N) is 3. The van der Waals surface area contributed by atoms with Crippen molar-refractivity contribution < 1.29 is 9.53 Å². The lowest BCUT2D eigenvalue weighted by atomic mass is 10.1. The van der Waals surface area contributed by atoms with Crippen LogP contribution in [-0.4, -0.2) is 27.6 Å². The molecule has 2 aromatic carbocycles. The summed E-state index contributed by atoms with van der Waals surface area (Å²) in [6.07, 6.45) is 1.85. The van der Waals surface area contributed by atoms with Gasteiger partial charge in [-0.15, -0.1) is 0 Å². The number of rotatable bonds is 4. The molecule has 0 aliphatic carbocycles. The standard InChI is InChI=1S/C26H24N4O2/c1-15-6-9-22-23(10-15)29-25(28-22)21(14-27)12-20-11-17(3)30(18(20)4)24-13-19(26(31)32-5)8-7-16(24)2/h6-13H,1-5H3,(H,28,29)/b21-12-. The number of benzene rings is 2. The predicted octanol–water partition coefficient (Wildman–Crippen LogP) is 5.44. The second-order valence-electron chi connectivity index (χ2n) is 7.93. The fourth-order valence-electron chi connectivity index (χ4n) is 3.96. The molecule has 0 amide bonds. The second-order valence-corrected chi connectivity index (χ2v) is 7.93. The highest BCUT2D eigenvalue weighted by Crippen LogP contribution is 2.28. The molecule has 0 unspecified atom stereocenters. The number of hydrogen-bond acceptors (Lipinski definition) is 4. The monoisotopic (exact) mass is 424 g/mol. The lowest BCUT2D eigenvalue weighted by molar-refractivity contribution is 0.0600. The van der Waals surface area contributed by atoms with Crippen molar-refractivity contribution in [1.82, 2.24) is 14.5 Å². The van der Waals surface area contributed by atoms with Crippen molar-refractivity contribution in [2.75, 3.05) is 7.11 Å². The minimum absolute atomic E-state index is 0.374. The first-order valence-corrected chi connectivity index (χ1v) is 10.3. The van der Waals surface area contributed by atoms with Crippen molar-refractivity contribution in [2.24, 2.45) is 0 Å². The number of hydrogen-bond donors (Lipinski definition) is 1. The Morgan fingerprint density at radius 2 is 1.91 bits per heavy atom. The van der Waals surface area contributed by atoms with Gasteiger partial charge in [0, 0.05) is 17.1 Å². The zero-order chi connectivity index (χ0) is 23.0. The predicted molar refractivity (Wildman–Crippen MR) is 126 cm³/mol. The van der Waals surface area contributed by atoms with Crippen LogP contribution in [0.15, 0.2) is 42.5 Å². The Bertz CT molecular complexity index is 1430. The van der Waals surface area contributed by atoms with E-state index in [9.17, 15) is 10.1 Å². The first-order chi connectivity index (χ1) is 15.3. The van der Waals surface area contributed by atoms with E-state index < -0.39 is 0 Å². The van der Waals surface area contributed by atoms with Crippen molar-refractivity contribution in [2.45, 2.75) is 27.7 Å². The van der Waals surface area contributed by atoms with Crippen LogP contribution in [0.25, 0.3) is 28.4 Å². The van der Waals surface area contributed by atoms with Gasteiger partial charge < -0.3 is 14.3 Å². The van der Waals surface area contributed by atoms with Gasteiger partial charge >= 0.3 is 5.97 Å². The number of H-pyrrole nitrogens is 1. The highest BCUT2D eigenvalue weighted by atomic mass is 16.5. The summed E-state index contributed by atoms with van der Waals surface area (Å²) in [5.41, 5.74) is 8.62. The van der Waals surface area contributed by atoms with E-state index >= 15 is 0 Å². The maximum Gasteiger partial charge on any atom is 0.337 e. The van der Waals surface area contributed by atoms with Crippen molar-refractivity contribution >= 4 is 28.7 Å². The maximum atomic E-state index is 12.0. The number of aromatic amines is 1. The third kappa shape index (κ3) is 3.69. The van der Waals surface area contributed by atoms with Crippen LogP contribution in [0, 0.1) is 39.0 Å². The fourth-order valence-corrected chi connectivity index (χ4v) is 3.96. The second kappa shape index (κ2) is 8.20. The van der Waals surface area contributed by atoms with Crippen LogP contribution in [0.2, 0.25) is 0 Å². The van der Waals surface area contributed by atoms with E-state index in [0.29, 0.717) is 17.0 Å². The molecule has 2 aromatic heterocycles. The normalized spacial score (nSPS) is 11.6. The number of esters is 1. The molecule has 2 heterocycles. The van der Waals surface area contributed by atoms with Gasteiger partial charge in [0.1, 0.15) is 11.9 Å². The maximum absolute atomic E-state index is 12.0. The Morgan fingerprint density at radius 1 is 1.12 bits per heavy atom. The average Bonchev–Trinajstić information content (AvgIpc) is 3.31. The summed E-state index contributed by atoms with van der Waals surface area (Å²) in [5.74, 6) is 0.169. The van der Waals surface area contributed by atoms with Crippen molar-refractivity contribution in [3.05, 3.63) is 81.9 Å². The number of allylic oxidation sites excluding steroid dienone is 1. The third-order valence-electron chi connectivity index (χ3n) is 5.65. The molecule has 0 radical (unpaired) electrons. The number of aromatic nitrogens is 3. The Morgan fingerprint density at radius 3 is 2.62 bits per heavy atom.